The second-order valence-electron chi connectivity index (χ2n) is 7.88. The Morgan fingerprint density at radius 2 is 2.18 bits per heavy atom. The van der Waals surface area contributed by atoms with E-state index in [-0.39, 0.29) is 18.4 Å². The van der Waals surface area contributed by atoms with Crippen molar-refractivity contribution in [2.24, 2.45) is 0 Å². The quantitative estimate of drug-likeness (QED) is 0.341. The molecule has 1 saturated heterocycles. The van der Waals surface area contributed by atoms with Crippen LogP contribution in [0.5, 0.6) is 0 Å². The second-order valence-corrected chi connectivity index (χ2v) is 8.91. The Balaban J connectivity index is 1.22. The molecule has 0 saturated carbocycles. The van der Waals surface area contributed by atoms with E-state index >= 15 is 0 Å². The molecule has 170 valence electrons. The summed E-state index contributed by atoms with van der Waals surface area (Å²) in [4.78, 5) is 31.5. The van der Waals surface area contributed by atoms with Crippen LogP contribution in [0, 0.1) is 6.92 Å². The molecule has 1 aromatic carbocycles. The Bertz CT molecular complexity index is 1330. The fourth-order valence-electron chi connectivity index (χ4n) is 3.74. The lowest BCUT2D eigenvalue weighted by molar-refractivity contribution is -0.131. The van der Waals surface area contributed by atoms with Crippen molar-refractivity contribution >= 4 is 50.7 Å². The van der Waals surface area contributed by atoms with Crippen LogP contribution in [0.4, 0.5) is 16.6 Å². The zero-order chi connectivity index (χ0) is 22.9. The van der Waals surface area contributed by atoms with Gasteiger partial charge in [-0.25, -0.2) is 4.98 Å². The van der Waals surface area contributed by atoms with E-state index in [2.05, 4.69) is 30.9 Å². The number of aromatic nitrogens is 5. The van der Waals surface area contributed by atoms with Crippen molar-refractivity contribution in [1.82, 2.24) is 29.9 Å². The van der Waals surface area contributed by atoms with Gasteiger partial charge in [0, 0.05) is 30.7 Å². The molecule has 1 atom stereocenters. The van der Waals surface area contributed by atoms with E-state index in [0.717, 1.165) is 16.5 Å². The molecule has 4 heterocycles. The van der Waals surface area contributed by atoms with Gasteiger partial charge in [0.1, 0.15) is 11.4 Å². The van der Waals surface area contributed by atoms with Crippen molar-refractivity contribution in [3.05, 3.63) is 47.2 Å². The highest BCUT2D eigenvalue weighted by molar-refractivity contribution is 7.17. The van der Waals surface area contributed by atoms with Gasteiger partial charge in [-0.05, 0) is 25.0 Å². The van der Waals surface area contributed by atoms with E-state index in [4.69, 9.17) is 0 Å². The van der Waals surface area contributed by atoms with Crippen molar-refractivity contribution in [3.63, 3.8) is 0 Å². The predicted molar refractivity (Wildman–Crippen MR) is 124 cm³/mol. The lowest BCUT2D eigenvalue weighted by atomic mass is 10.1. The molecule has 12 heteroatoms. The van der Waals surface area contributed by atoms with Gasteiger partial charge in [-0.3, -0.25) is 19.4 Å². The van der Waals surface area contributed by atoms with Crippen LogP contribution in [0.2, 0.25) is 0 Å². The summed E-state index contributed by atoms with van der Waals surface area (Å²) in [6.07, 6.45) is 5.05. The summed E-state index contributed by atoms with van der Waals surface area (Å²) in [6, 6.07) is 5.57. The smallest absolute Gasteiger partial charge is 0.267 e. The van der Waals surface area contributed by atoms with Crippen LogP contribution >= 0.6 is 11.3 Å². The number of rotatable bonds is 6. The molecule has 5 rings (SSSR count). The van der Waals surface area contributed by atoms with E-state index in [1.54, 1.807) is 23.4 Å². The number of carbonyl (C=O) groups is 2. The first-order chi connectivity index (χ1) is 16.0. The van der Waals surface area contributed by atoms with Crippen molar-refractivity contribution in [2.75, 3.05) is 23.7 Å². The lowest BCUT2D eigenvalue weighted by Crippen LogP contribution is -2.32. The van der Waals surface area contributed by atoms with Gasteiger partial charge in [-0.15, -0.1) is 0 Å². The monoisotopic (exact) mass is 466 g/mol. The van der Waals surface area contributed by atoms with Crippen LogP contribution in [0.15, 0.2) is 36.8 Å². The average molecular weight is 467 g/mol. The third-order valence-corrected chi connectivity index (χ3v) is 6.40. The highest BCUT2D eigenvalue weighted by Gasteiger charge is 2.24. The molecule has 33 heavy (non-hydrogen) atoms. The zero-order valence-electron chi connectivity index (χ0n) is 17.8. The number of thiazole rings is 1. The van der Waals surface area contributed by atoms with E-state index < -0.39 is 6.10 Å². The van der Waals surface area contributed by atoms with E-state index in [9.17, 15) is 14.7 Å². The number of fused-ring (bicyclic) bond motifs is 1. The molecule has 0 unspecified atom stereocenters. The maximum absolute atomic E-state index is 12.8. The Hall–Kier alpha value is -3.77. The Morgan fingerprint density at radius 3 is 3.00 bits per heavy atom. The predicted octanol–water partition coefficient (Wildman–Crippen LogP) is 2.11. The number of benzene rings is 1. The third kappa shape index (κ3) is 4.43. The SMILES string of the molecule is Cc1ccc2[nH]ncc2c1NC(=O)c1cnc(Nc2ccn(CC(=O)N3CC[C@@H](O)C3)n2)s1. The molecule has 4 aromatic rings. The first kappa shape index (κ1) is 21.1. The molecule has 0 bridgehead atoms. The van der Waals surface area contributed by atoms with Gasteiger partial charge < -0.3 is 20.6 Å². The molecule has 2 amide bonds. The number of β-amino-alcohol motifs (C(OH)–C–C–N with tert-alkyl or cyclic N) is 1. The van der Waals surface area contributed by atoms with Gasteiger partial charge >= 0.3 is 0 Å². The number of aromatic amines is 1. The molecule has 0 spiro atoms. The lowest BCUT2D eigenvalue weighted by Gasteiger charge is -2.15. The number of H-pyrrole nitrogens is 1. The van der Waals surface area contributed by atoms with Crippen molar-refractivity contribution in [2.45, 2.75) is 26.0 Å². The normalized spacial score (nSPS) is 15.8. The molecular formula is C21H22N8O3S. The third-order valence-electron chi connectivity index (χ3n) is 5.49. The van der Waals surface area contributed by atoms with Gasteiger partial charge in [0.15, 0.2) is 10.9 Å². The Morgan fingerprint density at radius 1 is 1.30 bits per heavy atom. The summed E-state index contributed by atoms with van der Waals surface area (Å²) in [6.45, 7) is 2.95. The first-order valence-corrected chi connectivity index (χ1v) is 11.2. The maximum Gasteiger partial charge on any atom is 0.267 e. The van der Waals surface area contributed by atoms with Crippen molar-refractivity contribution in [1.29, 1.82) is 0 Å². The molecule has 0 radical (unpaired) electrons. The van der Waals surface area contributed by atoms with Crippen LogP contribution in [-0.4, -0.2) is 66.0 Å². The number of nitrogens with zero attached hydrogens (tertiary/aromatic N) is 5. The Kier molecular flexibility index (Phi) is 5.52. The number of amides is 2. The van der Waals surface area contributed by atoms with Gasteiger partial charge in [0.25, 0.3) is 5.91 Å². The van der Waals surface area contributed by atoms with Gasteiger partial charge in [-0.1, -0.05) is 17.4 Å². The standard InChI is InChI=1S/C21H22N8O3S/c1-12-2-3-15-14(8-23-26-15)19(12)25-20(32)16-9-22-21(33-16)24-17-5-7-29(27-17)11-18(31)28-6-4-13(30)10-28/h2-3,5,7-9,13,30H,4,6,10-11H2,1H3,(H,23,26)(H,25,32)(H,22,24,27)/t13-/m1/s1. The summed E-state index contributed by atoms with van der Waals surface area (Å²) >= 11 is 1.20. The molecular weight excluding hydrogens is 444 g/mol. The Labute approximate surface area is 192 Å². The molecule has 1 aliphatic heterocycles. The number of hydrogen-bond acceptors (Lipinski definition) is 8. The molecule has 1 aliphatic rings. The van der Waals surface area contributed by atoms with E-state index in [1.807, 2.05) is 19.1 Å². The van der Waals surface area contributed by atoms with Crippen LogP contribution in [0.25, 0.3) is 10.9 Å². The number of nitrogens with one attached hydrogen (secondary N) is 3. The topological polar surface area (TPSA) is 141 Å². The van der Waals surface area contributed by atoms with Crippen molar-refractivity contribution in [3.8, 4) is 0 Å². The molecule has 1 fully saturated rings. The maximum atomic E-state index is 12.8. The molecule has 4 N–H and O–H groups in total. The largest absolute Gasteiger partial charge is 0.391 e. The van der Waals surface area contributed by atoms with E-state index in [1.165, 1.54) is 22.2 Å². The summed E-state index contributed by atoms with van der Waals surface area (Å²) < 4.78 is 1.53. The minimum atomic E-state index is -0.448. The number of aliphatic hydroxyl groups is 1. The first-order valence-electron chi connectivity index (χ1n) is 10.4. The van der Waals surface area contributed by atoms with Gasteiger partial charge in [-0.2, -0.15) is 10.2 Å². The fourth-order valence-corrected chi connectivity index (χ4v) is 4.46. The van der Waals surface area contributed by atoms with Crippen LogP contribution in [0.3, 0.4) is 0 Å². The van der Waals surface area contributed by atoms with Gasteiger partial charge in [0.05, 0.1) is 29.7 Å². The van der Waals surface area contributed by atoms with Crippen LogP contribution in [0.1, 0.15) is 21.7 Å². The number of aliphatic hydroxyl groups excluding tert-OH is 1. The second kappa shape index (κ2) is 8.64. The number of likely N-dealkylation sites (tertiary alicyclic amines) is 1. The minimum Gasteiger partial charge on any atom is -0.391 e. The van der Waals surface area contributed by atoms with E-state index in [0.29, 0.717) is 41.0 Å². The number of aryl methyl sites for hydroxylation is 1. The molecule has 3 aromatic heterocycles. The zero-order valence-corrected chi connectivity index (χ0v) is 18.6. The van der Waals surface area contributed by atoms with Crippen LogP contribution < -0.4 is 10.6 Å². The summed E-state index contributed by atoms with van der Waals surface area (Å²) in [5.41, 5.74) is 2.49. The number of anilines is 3. The molecule has 0 aliphatic carbocycles. The average Bonchev–Trinajstić information content (AvgIpc) is 3.58. The fraction of sp³-hybridized carbons (Fsp3) is 0.286. The number of carbonyl (C=O) groups excluding carboxylic acids is 2. The highest BCUT2D eigenvalue weighted by atomic mass is 32.1. The number of hydrogen-bond donors (Lipinski definition) is 4. The summed E-state index contributed by atoms with van der Waals surface area (Å²) in [5, 5.41) is 28.3. The highest BCUT2D eigenvalue weighted by Crippen LogP contribution is 2.28. The van der Waals surface area contributed by atoms with Crippen LogP contribution in [-0.2, 0) is 11.3 Å². The minimum absolute atomic E-state index is 0.0858. The van der Waals surface area contributed by atoms with Crippen molar-refractivity contribution < 1.29 is 14.7 Å². The summed E-state index contributed by atoms with van der Waals surface area (Å²) in [7, 11) is 0. The molecule has 11 nitrogen and oxygen atoms in total. The summed E-state index contributed by atoms with van der Waals surface area (Å²) in [5.74, 6) is 0.170. The van der Waals surface area contributed by atoms with Gasteiger partial charge in [0.2, 0.25) is 5.91 Å².